The molecule has 1 saturated carbocycles. The fourth-order valence-electron chi connectivity index (χ4n) is 4.42. The average Bonchev–Trinajstić information content (AvgIpc) is 2.20. The molecular weight excluding hydrogens is 248 g/mol. The first-order valence-electron chi connectivity index (χ1n) is 8.19. The lowest BCUT2D eigenvalue weighted by molar-refractivity contribution is -0.183. The average molecular weight is 282 g/mol. The van der Waals surface area contributed by atoms with E-state index in [2.05, 4.69) is 46.4 Å². The summed E-state index contributed by atoms with van der Waals surface area (Å²) in [6.45, 7) is 16.6. The van der Waals surface area contributed by atoms with Crippen molar-refractivity contribution in [2.24, 2.45) is 17.1 Å². The minimum Gasteiger partial charge on any atom is -0.367 e. The summed E-state index contributed by atoms with van der Waals surface area (Å²) < 4.78 is 6.18. The van der Waals surface area contributed by atoms with Gasteiger partial charge in [0.1, 0.15) is 0 Å². The Bertz CT molecular complexity index is 333. The van der Waals surface area contributed by atoms with E-state index in [1.165, 1.54) is 19.3 Å². The number of nitrogens with zero attached hydrogens (tertiary/aromatic N) is 1. The van der Waals surface area contributed by atoms with Crippen LogP contribution >= 0.6 is 0 Å². The van der Waals surface area contributed by atoms with E-state index in [-0.39, 0.29) is 11.2 Å². The van der Waals surface area contributed by atoms with Gasteiger partial charge in [-0.25, -0.2) is 0 Å². The van der Waals surface area contributed by atoms with Crippen LogP contribution in [0.4, 0.5) is 0 Å². The van der Waals surface area contributed by atoms with Crippen molar-refractivity contribution in [3.63, 3.8) is 0 Å². The molecule has 0 aromatic rings. The van der Waals surface area contributed by atoms with Crippen LogP contribution in [-0.2, 0) is 4.74 Å². The van der Waals surface area contributed by atoms with Crippen molar-refractivity contribution in [3.05, 3.63) is 0 Å². The van der Waals surface area contributed by atoms with E-state index in [9.17, 15) is 0 Å². The van der Waals surface area contributed by atoms with Gasteiger partial charge in [0.05, 0.1) is 11.2 Å². The molecule has 3 nitrogen and oxygen atoms in total. The van der Waals surface area contributed by atoms with Gasteiger partial charge in [-0.3, -0.25) is 4.90 Å². The zero-order chi connectivity index (χ0) is 15.2. The lowest BCUT2D eigenvalue weighted by Crippen LogP contribution is -2.59. The van der Waals surface area contributed by atoms with Gasteiger partial charge in [-0.15, -0.1) is 0 Å². The molecular formula is C17H34N2O. The zero-order valence-electron chi connectivity index (χ0n) is 14.3. The topological polar surface area (TPSA) is 38.5 Å². The van der Waals surface area contributed by atoms with Crippen molar-refractivity contribution in [1.82, 2.24) is 4.90 Å². The maximum Gasteiger partial charge on any atom is 0.0760 e. The van der Waals surface area contributed by atoms with Crippen LogP contribution in [0.25, 0.3) is 0 Å². The van der Waals surface area contributed by atoms with Gasteiger partial charge in [0.15, 0.2) is 0 Å². The van der Waals surface area contributed by atoms with Gasteiger partial charge in [-0.2, -0.15) is 0 Å². The molecule has 0 bridgehead atoms. The van der Waals surface area contributed by atoms with Crippen LogP contribution in [-0.4, -0.2) is 41.8 Å². The third kappa shape index (κ3) is 3.75. The van der Waals surface area contributed by atoms with E-state index < -0.39 is 0 Å². The highest BCUT2D eigenvalue weighted by molar-refractivity contribution is 4.95. The van der Waals surface area contributed by atoms with Gasteiger partial charge in [-0.1, -0.05) is 20.3 Å². The summed E-state index contributed by atoms with van der Waals surface area (Å²) in [5.74, 6) is 0.628. The monoisotopic (exact) mass is 282 g/mol. The molecule has 118 valence electrons. The van der Waals surface area contributed by atoms with Gasteiger partial charge >= 0.3 is 0 Å². The maximum atomic E-state index is 6.55. The van der Waals surface area contributed by atoms with Gasteiger partial charge in [0.2, 0.25) is 0 Å². The van der Waals surface area contributed by atoms with Crippen molar-refractivity contribution >= 4 is 0 Å². The van der Waals surface area contributed by atoms with Gasteiger partial charge in [0.25, 0.3) is 0 Å². The van der Waals surface area contributed by atoms with E-state index in [4.69, 9.17) is 10.5 Å². The molecule has 20 heavy (non-hydrogen) atoms. The lowest BCUT2D eigenvalue weighted by atomic mass is 9.68. The molecule has 0 spiro atoms. The smallest absolute Gasteiger partial charge is 0.0760 e. The molecule has 2 unspecified atom stereocenters. The predicted octanol–water partition coefficient (Wildman–Crippen LogP) is 3.03. The zero-order valence-corrected chi connectivity index (χ0v) is 14.3. The summed E-state index contributed by atoms with van der Waals surface area (Å²) in [7, 11) is 0. The Morgan fingerprint density at radius 1 is 1.05 bits per heavy atom. The molecule has 1 heterocycles. The summed E-state index contributed by atoms with van der Waals surface area (Å²) in [6, 6.07) is 0.324. The number of hydrogen-bond donors (Lipinski definition) is 1. The van der Waals surface area contributed by atoms with Gasteiger partial charge in [-0.05, 0) is 51.9 Å². The first-order chi connectivity index (χ1) is 9.01. The second-order valence-corrected chi connectivity index (χ2v) is 8.96. The molecule has 2 rings (SSSR count). The van der Waals surface area contributed by atoms with Crippen molar-refractivity contribution in [3.8, 4) is 0 Å². The fraction of sp³-hybridized carbons (Fsp3) is 1.00. The van der Waals surface area contributed by atoms with Crippen LogP contribution in [0.5, 0.6) is 0 Å². The lowest BCUT2D eigenvalue weighted by Gasteiger charge is -2.50. The Kier molecular flexibility index (Phi) is 4.27. The first kappa shape index (κ1) is 16.3. The minimum absolute atomic E-state index is 0.0595. The summed E-state index contributed by atoms with van der Waals surface area (Å²) >= 11 is 0. The largest absolute Gasteiger partial charge is 0.367 e. The molecule has 3 heteroatoms. The second kappa shape index (κ2) is 5.26. The molecule has 0 amide bonds. The molecule has 2 N–H and O–H groups in total. The van der Waals surface area contributed by atoms with Crippen LogP contribution in [0, 0.1) is 11.3 Å². The Hall–Kier alpha value is -0.120. The van der Waals surface area contributed by atoms with E-state index in [0.717, 1.165) is 19.6 Å². The quantitative estimate of drug-likeness (QED) is 0.846. The number of morpholine rings is 1. The minimum atomic E-state index is -0.0595. The molecule has 0 aromatic heterocycles. The Morgan fingerprint density at radius 3 is 2.15 bits per heavy atom. The van der Waals surface area contributed by atoms with Crippen molar-refractivity contribution in [2.75, 3.05) is 19.6 Å². The highest BCUT2D eigenvalue weighted by atomic mass is 16.5. The first-order valence-corrected chi connectivity index (χ1v) is 8.19. The number of hydrogen-bond acceptors (Lipinski definition) is 3. The summed E-state index contributed by atoms with van der Waals surface area (Å²) in [5, 5.41) is 0. The second-order valence-electron chi connectivity index (χ2n) is 8.96. The number of nitrogens with two attached hydrogens (primary N) is 1. The van der Waals surface area contributed by atoms with Crippen molar-refractivity contribution in [1.29, 1.82) is 0 Å². The van der Waals surface area contributed by atoms with Crippen LogP contribution < -0.4 is 5.73 Å². The molecule has 2 aliphatic rings. The van der Waals surface area contributed by atoms with Crippen LogP contribution in [0.15, 0.2) is 0 Å². The number of ether oxygens (including phenoxy) is 1. The standard InChI is InChI=1S/C17H34N2O/c1-15(2)9-7-8-13(14(15)18)10-19-11-16(3,4)20-17(5,6)12-19/h13-14H,7-12,18H2,1-6H3. The normalized spacial score (nSPS) is 36.8. The van der Waals surface area contributed by atoms with Gasteiger partial charge in [0, 0.05) is 25.7 Å². The van der Waals surface area contributed by atoms with E-state index in [0.29, 0.717) is 17.4 Å². The Labute approximate surface area is 125 Å². The molecule has 1 aliphatic carbocycles. The van der Waals surface area contributed by atoms with Crippen molar-refractivity contribution < 1.29 is 4.74 Å². The van der Waals surface area contributed by atoms with Gasteiger partial charge < -0.3 is 10.5 Å². The van der Waals surface area contributed by atoms with E-state index in [1.54, 1.807) is 0 Å². The highest BCUT2D eigenvalue weighted by Gasteiger charge is 2.41. The number of rotatable bonds is 2. The van der Waals surface area contributed by atoms with E-state index >= 15 is 0 Å². The molecule has 0 radical (unpaired) electrons. The SMILES string of the molecule is CC1(C)CN(CC2CCCC(C)(C)C2N)CC(C)(C)O1. The third-order valence-corrected chi connectivity index (χ3v) is 5.06. The third-order valence-electron chi connectivity index (χ3n) is 5.06. The predicted molar refractivity (Wildman–Crippen MR) is 84.8 cm³/mol. The Morgan fingerprint density at radius 2 is 1.60 bits per heavy atom. The van der Waals surface area contributed by atoms with Crippen LogP contribution in [0.2, 0.25) is 0 Å². The summed E-state index contributed by atoms with van der Waals surface area (Å²) in [5.41, 5.74) is 6.72. The van der Waals surface area contributed by atoms with Crippen LogP contribution in [0.3, 0.4) is 0 Å². The van der Waals surface area contributed by atoms with Crippen LogP contribution in [0.1, 0.15) is 60.8 Å². The maximum absolute atomic E-state index is 6.55. The molecule has 0 aromatic carbocycles. The summed E-state index contributed by atoms with van der Waals surface area (Å²) in [6.07, 6.45) is 3.87. The summed E-state index contributed by atoms with van der Waals surface area (Å²) in [4.78, 5) is 2.58. The molecule has 2 fully saturated rings. The Balaban J connectivity index is 2.02. The van der Waals surface area contributed by atoms with E-state index in [1.807, 2.05) is 0 Å². The molecule has 1 aliphatic heterocycles. The van der Waals surface area contributed by atoms with Crippen molar-refractivity contribution in [2.45, 2.75) is 78.0 Å². The molecule has 1 saturated heterocycles. The molecule has 2 atom stereocenters. The fourth-order valence-corrected chi connectivity index (χ4v) is 4.42. The highest BCUT2D eigenvalue weighted by Crippen LogP contribution is 2.39.